The van der Waals surface area contributed by atoms with Gasteiger partial charge in [0.05, 0.1) is 0 Å². The van der Waals surface area contributed by atoms with Crippen molar-refractivity contribution in [1.82, 2.24) is 0 Å². The van der Waals surface area contributed by atoms with Crippen molar-refractivity contribution < 1.29 is 51.5 Å². The quantitative estimate of drug-likeness (QED) is 0.0656. The van der Waals surface area contributed by atoms with Crippen LogP contribution in [0.4, 0.5) is 26.3 Å². The predicted molar refractivity (Wildman–Crippen MR) is 212 cm³/mol. The summed E-state index contributed by atoms with van der Waals surface area (Å²) in [5.41, 5.74) is -5.35. The molecule has 0 N–H and O–H groups in total. The lowest BCUT2D eigenvalue weighted by molar-refractivity contribution is -0.0504. The normalized spacial score (nSPS) is 12.6. The first-order valence-electron chi connectivity index (χ1n) is 17.3. The van der Waals surface area contributed by atoms with Crippen molar-refractivity contribution in [2.24, 2.45) is 0 Å². The van der Waals surface area contributed by atoms with Crippen LogP contribution in [-0.4, -0.2) is 27.9 Å². The summed E-state index contributed by atoms with van der Waals surface area (Å²) in [5.74, 6) is -1.10. The molecule has 8 aromatic carbocycles. The van der Waals surface area contributed by atoms with Crippen LogP contribution in [0.15, 0.2) is 158 Å². The minimum Gasteiger partial charge on any atom is -0.376 e. The van der Waals surface area contributed by atoms with Crippen LogP contribution in [0.2, 0.25) is 0 Å². The van der Waals surface area contributed by atoms with Gasteiger partial charge in [-0.3, -0.25) is 0 Å². The molecule has 8 rings (SSSR count). The average Bonchev–Trinajstić information content (AvgIpc) is 3.19. The maximum Gasteiger partial charge on any atom is 0.534 e. The molecule has 0 aliphatic carbocycles. The zero-order valence-corrected chi connectivity index (χ0v) is 31.2. The highest BCUT2D eigenvalue weighted by Gasteiger charge is 2.49. The molecule has 0 aromatic heterocycles. The molecule has 0 bridgehead atoms. The van der Waals surface area contributed by atoms with E-state index in [1.54, 1.807) is 12.1 Å². The van der Waals surface area contributed by atoms with Gasteiger partial charge >= 0.3 is 31.3 Å². The van der Waals surface area contributed by atoms with Crippen molar-refractivity contribution in [2.75, 3.05) is 0 Å². The van der Waals surface area contributed by atoms with Crippen molar-refractivity contribution in [3.05, 3.63) is 158 Å². The molecule has 0 aliphatic rings. The number of hydrogen-bond donors (Lipinski definition) is 0. The summed E-state index contributed by atoms with van der Waals surface area (Å²) in [7, 11) is -11.9. The van der Waals surface area contributed by atoms with E-state index in [1.165, 1.54) is 24.3 Å². The Kier molecular flexibility index (Phi) is 9.44. The van der Waals surface area contributed by atoms with E-state index in [-0.39, 0.29) is 0 Å². The third-order valence-corrected chi connectivity index (χ3v) is 11.6. The smallest absolute Gasteiger partial charge is 0.376 e. The van der Waals surface area contributed by atoms with Gasteiger partial charge in [0.1, 0.15) is 11.5 Å². The molecule has 0 heterocycles. The third kappa shape index (κ3) is 6.98. The monoisotopic (exact) mass is 828 g/mol. The molecule has 0 radical (unpaired) electrons. The molecule has 292 valence electrons. The average molecular weight is 829 g/mol. The van der Waals surface area contributed by atoms with Gasteiger partial charge in [-0.2, -0.15) is 43.2 Å². The summed E-state index contributed by atoms with van der Waals surface area (Å²) >= 11 is 0. The van der Waals surface area contributed by atoms with Crippen LogP contribution in [0.5, 0.6) is 11.5 Å². The Morgan fingerprint density at radius 1 is 0.345 bits per heavy atom. The van der Waals surface area contributed by atoms with Gasteiger partial charge in [-0.15, -0.1) is 0 Å². The van der Waals surface area contributed by atoms with Crippen LogP contribution in [0.25, 0.3) is 76.8 Å². The maximum atomic E-state index is 13.2. The van der Waals surface area contributed by atoms with Crippen LogP contribution in [-0.2, 0) is 20.2 Å². The Bertz CT molecular complexity index is 2870. The van der Waals surface area contributed by atoms with E-state index in [4.69, 9.17) is 0 Å². The van der Waals surface area contributed by atoms with Crippen LogP contribution in [0, 0.1) is 0 Å². The Morgan fingerprint density at radius 3 is 1.00 bits per heavy atom. The molecular weight excluding hydrogens is 803 g/mol. The molecule has 6 nitrogen and oxygen atoms in total. The Balaban J connectivity index is 1.45. The molecule has 0 amide bonds. The summed E-state index contributed by atoms with van der Waals surface area (Å²) in [6, 6.07) is 45.0. The van der Waals surface area contributed by atoms with Gasteiger partial charge in [0.15, 0.2) is 0 Å². The first kappa shape index (κ1) is 38.5. The van der Waals surface area contributed by atoms with E-state index >= 15 is 0 Å². The SMILES string of the molecule is O=S(=O)(Oc1ccc(-c2c3ccccc3c(-c3ccc(OS(=O)(=O)C(F)(F)F)cc3)c3cc4c(-c5ccccc5)ccc(-c5ccccc5)c4cc23)cc1)C(F)(F)F. The minimum atomic E-state index is -5.93. The number of benzene rings is 8. The standard InChI is InChI=1S/C44H26F6O6S2/c45-43(46,47)57(51,52)55-31-19-15-29(16-20-31)41-35-13-7-8-14-36(35)42(30-17-21-32(22-18-30)56-58(53,54)44(48,49)50)40-26-38-34(28-11-5-2-6-12-28)24-23-33(37(38)25-39(40)41)27-9-3-1-4-10-27/h1-26H. The summed E-state index contributed by atoms with van der Waals surface area (Å²) in [4.78, 5) is 0. The minimum absolute atomic E-state index is 0.505. The molecule has 0 fully saturated rings. The fourth-order valence-corrected chi connectivity index (χ4v) is 8.00. The summed E-state index contributed by atoms with van der Waals surface area (Å²) in [6.45, 7) is 0. The van der Waals surface area contributed by atoms with Crippen molar-refractivity contribution >= 4 is 52.6 Å². The Morgan fingerprint density at radius 2 is 0.672 bits per heavy atom. The molecule has 0 spiro atoms. The highest BCUT2D eigenvalue weighted by Crippen LogP contribution is 2.48. The summed E-state index contributed by atoms with van der Waals surface area (Å²) in [5, 5.41) is 4.36. The van der Waals surface area contributed by atoms with Gasteiger partial charge in [0, 0.05) is 0 Å². The first-order valence-corrected chi connectivity index (χ1v) is 20.1. The second kappa shape index (κ2) is 14.2. The third-order valence-electron chi connectivity index (χ3n) is 9.59. The van der Waals surface area contributed by atoms with E-state index in [0.29, 0.717) is 43.8 Å². The van der Waals surface area contributed by atoms with Crippen LogP contribution >= 0.6 is 0 Å². The molecule has 0 saturated heterocycles. The summed E-state index contributed by atoms with van der Waals surface area (Å²) < 4.78 is 135. The van der Waals surface area contributed by atoms with E-state index in [2.05, 4.69) is 8.37 Å². The maximum absolute atomic E-state index is 13.2. The predicted octanol–water partition coefficient (Wildman–Crippen LogP) is 12.3. The van der Waals surface area contributed by atoms with E-state index in [1.807, 2.05) is 97.1 Å². The summed E-state index contributed by atoms with van der Waals surface area (Å²) in [6.07, 6.45) is 0. The van der Waals surface area contributed by atoms with E-state index in [0.717, 1.165) is 57.3 Å². The van der Waals surface area contributed by atoms with Gasteiger partial charge in [-0.25, -0.2) is 0 Å². The molecule has 0 atom stereocenters. The molecule has 58 heavy (non-hydrogen) atoms. The van der Waals surface area contributed by atoms with Gasteiger partial charge in [-0.05, 0) is 113 Å². The fourth-order valence-electron chi connectivity index (χ4n) is 7.08. The van der Waals surface area contributed by atoms with Gasteiger partial charge < -0.3 is 8.37 Å². The Labute approximate surface area is 327 Å². The Hall–Kier alpha value is -6.38. The van der Waals surface area contributed by atoms with E-state index in [9.17, 15) is 43.2 Å². The number of rotatable bonds is 8. The highest BCUT2D eigenvalue weighted by molar-refractivity contribution is 7.88. The van der Waals surface area contributed by atoms with Gasteiger partial charge in [-0.1, -0.05) is 121 Å². The molecule has 8 aromatic rings. The molecule has 14 heteroatoms. The van der Waals surface area contributed by atoms with Crippen LogP contribution in [0.3, 0.4) is 0 Å². The molecule has 0 saturated carbocycles. The lowest BCUT2D eigenvalue weighted by Crippen LogP contribution is -2.28. The van der Waals surface area contributed by atoms with E-state index < -0.39 is 42.8 Å². The number of alkyl halides is 6. The van der Waals surface area contributed by atoms with Gasteiger partial charge in [0.2, 0.25) is 0 Å². The van der Waals surface area contributed by atoms with Crippen molar-refractivity contribution in [3.63, 3.8) is 0 Å². The first-order chi connectivity index (χ1) is 27.5. The zero-order valence-electron chi connectivity index (χ0n) is 29.5. The van der Waals surface area contributed by atoms with Crippen LogP contribution < -0.4 is 8.37 Å². The molecule has 0 aliphatic heterocycles. The van der Waals surface area contributed by atoms with Crippen molar-refractivity contribution in [1.29, 1.82) is 0 Å². The largest absolute Gasteiger partial charge is 0.534 e. The van der Waals surface area contributed by atoms with Gasteiger partial charge in [0.25, 0.3) is 0 Å². The second-order valence-corrected chi connectivity index (χ2v) is 16.2. The number of halogens is 6. The topological polar surface area (TPSA) is 86.7 Å². The fraction of sp³-hybridized carbons (Fsp3) is 0.0455. The zero-order chi connectivity index (χ0) is 41.0. The van der Waals surface area contributed by atoms with Crippen molar-refractivity contribution in [2.45, 2.75) is 11.0 Å². The highest BCUT2D eigenvalue weighted by atomic mass is 32.2. The molecular formula is C44H26F6O6S2. The molecule has 0 unspecified atom stereocenters. The second-order valence-electron chi connectivity index (χ2n) is 13.1. The number of fused-ring (bicyclic) bond motifs is 3. The number of hydrogen-bond acceptors (Lipinski definition) is 6. The van der Waals surface area contributed by atoms with Crippen molar-refractivity contribution in [3.8, 4) is 56.0 Å². The lowest BCUT2D eigenvalue weighted by atomic mass is 9.83. The van der Waals surface area contributed by atoms with Crippen LogP contribution in [0.1, 0.15) is 0 Å². The lowest BCUT2D eigenvalue weighted by Gasteiger charge is -2.21.